The van der Waals surface area contributed by atoms with Crippen molar-refractivity contribution in [2.45, 2.75) is 26.7 Å². The molecule has 20 heavy (non-hydrogen) atoms. The second kappa shape index (κ2) is 7.31. The molecule has 2 amide bonds. The zero-order chi connectivity index (χ0) is 15.3. The summed E-state index contributed by atoms with van der Waals surface area (Å²) in [4.78, 5) is 34.6. The number of aryl methyl sites for hydroxylation is 1. The number of hydrogen-bond acceptors (Lipinski definition) is 4. The van der Waals surface area contributed by atoms with Crippen LogP contribution in [-0.2, 0) is 14.3 Å². The fourth-order valence-electron chi connectivity index (χ4n) is 1.40. The summed E-state index contributed by atoms with van der Waals surface area (Å²) in [6.07, 6.45) is 0.532. The third-order valence-corrected chi connectivity index (χ3v) is 3.21. The zero-order valence-electron chi connectivity index (χ0n) is 11.0. The Hall–Kier alpha value is -1.53. The molecule has 1 aromatic heterocycles. The maximum atomic E-state index is 11.1. The average Bonchev–Trinajstić information content (AvgIpc) is 2.89. The Kier molecular flexibility index (Phi) is 6.04. The lowest BCUT2D eigenvalue weighted by Crippen LogP contribution is -2.16. The van der Waals surface area contributed by atoms with Crippen LogP contribution >= 0.6 is 23.4 Å². The van der Waals surface area contributed by atoms with Gasteiger partial charge in [-0.2, -0.15) is 4.42 Å². The van der Waals surface area contributed by atoms with Crippen LogP contribution in [0.4, 0.5) is 0 Å². The van der Waals surface area contributed by atoms with Crippen molar-refractivity contribution in [1.29, 1.82) is 0 Å². The molecule has 0 bridgehead atoms. The van der Waals surface area contributed by atoms with Gasteiger partial charge >= 0.3 is 5.97 Å². The predicted molar refractivity (Wildman–Crippen MR) is 73.4 cm³/mol. The minimum atomic E-state index is -0.368. The maximum Gasteiger partial charge on any atom is 0.354 e. The Labute approximate surface area is 126 Å². The van der Waals surface area contributed by atoms with Crippen LogP contribution in [0.5, 0.6) is 0 Å². The minimum absolute atomic E-state index is 0.266. The molecule has 0 aromatic carbocycles. The Morgan fingerprint density at radius 3 is 2.25 bits per heavy atom. The van der Waals surface area contributed by atoms with E-state index in [0.29, 0.717) is 21.7 Å². The molecule has 0 saturated carbocycles. The second-order valence-electron chi connectivity index (χ2n) is 3.94. The van der Waals surface area contributed by atoms with Crippen molar-refractivity contribution in [2.75, 3.05) is 6.61 Å². The smallest absolute Gasteiger partial charge is 0.354 e. The number of nitrogens with one attached hydrogen (secondary N) is 1. The zero-order valence-corrected chi connectivity index (χ0v) is 12.5. The monoisotopic (exact) mass is 320 g/mol. The van der Waals surface area contributed by atoms with Gasteiger partial charge in [-0.05, 0) is 19.9 Å². The molecule has 2 rings (SSSR count). The third kappa shape index (κ3) is 4.25. The molecule has 1 saturated heterocycles. The number of aromatic nitrogens is 1. The van der Waals surface area contributed by atoms with Gasteiger partial charge in [-0.15, -0.1) is 0 Å². The highest BCUT2D eigenvalue weighted by atomic mass is 35.5. The molecule has 1 fully saturated rings. The number of carbonyl (C=O) groups is 3. The minimum Gasteiger partial charge on any atom is -0.461 e. The third-order valence-electron chi connectivity index (χ3n) is 2.44. The van der Waals surface area contributed by atoms with Crippen LogP contribution in [0.25, 0.3) is 0 Å². The number of nitrogens with zero attached hydrogens (tertiary/aromatic N) is 1. The number of aromatic amines is 1. The summed E-state index contributed by atoms with van der Waals surface area (Å²) in [7, 11) is 0. The van der Waals surface area contributed by atoms with Crippen molar-refractivity contribution >= 4 is 41.2 Å². The lowest BCUT2D eigenvalue weighted by Gasteiger charge is -1.96. The second-order valence-corrected chi connectivity index (χ2v) is 4.69. The van der Waals surface area contributed by atoms with E-state index in [4.69, 9.17) is 28.1 Å². The van der Waals surface area contributed by atoms with Gasteiger partial charge in [0.1, 0.15) is 5.69 Å². The molecular weight excluding hydrogens is 307 g/mol. The number of H-pyrrole nitrogens is 1. The van der Waals surface area contributed by atoms with Gasteiger partial charge in [-0.25, -0.2) is 4.79 Å². The molecular formula is C12H14Cl2N2O4. The van der Waals surface area contributed by atoms with Crippen molar-refractivity contribution in [2.24, 2.45) is 0 Å². The van der Waals surface area contributed by atoms with Crippen LogP contribution in [0.2, 0.25) is 5.02 Å². The molecule has 6 nitrogen and oxygen atoms in total. The SMILES string of the molecule is CCOC(=O)c1cc(Cl)c(C)[nH]1.O=C1CCC(=O)N1Cl. The van der Waals surface area contributed by atoms with Gasteiger partial charge in [0.15, 0.2) is 0 Å². The quantitative estimate of drug-likeness (QED) is 0.515. The number of rotatable bonds is 2. The van der Waals surface area contributed by atoms with E-state index in [1.54, 1.807) is 19.9 Å². The highest BCUT2D eigenvalue weighted by Crippen LogP contribution is 2.16. The molecule has 0 unspecified atom stereocenters. The molecule has 110 valence electrons. The average molecular weight is 321 g/mol. The summed E-state index contributed by atoms with van der Waals surface area (Å²) < 4.78 is 5.41. The van der Waals surface area contributed by atoms with E-state index in [-0.39, 0.29) is 30.6 Å². The Balaban J connectivity index is 0.000000217. The highest BCUT2D eigenvalue weighted by Gasteiger charge is 2.26. The van der Waals surface area contributed by atoms with Gasteiger partial charge in [-0.1, -0.05) is 11.6 Å². The van der Waals surface area contributed by atoms with Crippen LogP contribution in [0.3, 0.4) is 0 Å². The Morgan fingerprint density at radius 2 is 1.95 bits per heavy atom. The molecule has 0 spiro atoms. The molecule has 1 N–H and O–H groups in total. The van der Waals surface area contributed by atoms with E-state index in [2.05, 4.69) is 4.98 Å². The normalized spacial score (nSPS) is 14.1. The van der Waals surface area contributed by atoms with E-state index in [1.807, 2.05) is 0 Å². The van der Waals surface area contributed by atoms with Crippen LogP contribution in [-0.4, -0.2) is 33.8 Å². The molecule has 8 heteroatoms. The largest absolute Gasteiger partial charge is 0.461 e. The maximum absolute atomic E-state index is 11.1. The molecule has 0 radical (unpaired) electrons. The Bertz CT molecular complexity index is 492. The first-order valence-electron chi connectivity index (χ1n) is 5.90. The van der Waals surface area contributed by atoms with Crippen molar-refractivity contribution in [3.63, 3.8) is 0 Å². The molecule has 0 aliphatic carbocycles. The summed E-state index contributed by atoms with van der Waals surface area (Å²) in [5.74, 6) is -0.958. The van der Waals surface area contributed by atoms with Gasteiger partial charge in [0.05, 0.1) is 11.6 Å². The van der Waals surface area contributed by atoms with E-state index in [1.165, 1.54) is 0 Å². The van der Waals surface area contributed by atoms with Crippen molar-refractivity contribution in [3.8, 4) is 0 Å². The summed E-state index contributed by atoms with van der Waals surface area (Å²) in [5.41, 5.74) is 1.18. The number of hydrogen-bond donors (Lipinski definition) is 1. The first-order valence-corrected chi connectivity index (χ1v) is 6.62. The van der Waals surface area contributed by atoms with Crippen LogP contribution in [0, 0.1) is 6.92 Å². The van der Waals surface area contributed by atoms with Crippen LogP contribution < -0.4 is 0 Å². The van der Waals surface area contributed by atoms with Crippen LogP contribution in [0.1, 0.15) is 35.9 Å². The van der Waals surface area contributed by atoms with Gasteiger partial charge < -0.3 is 9.72 Å². The molecule has 1 aromatic rings. The Morgan fingerprint density at radius 1 is 1.40 bits per heavy atom. The highest BCUT2D eigenvalue weighted by molar-refractivity contribution is 6.32. The molecule has 1 aliphatic rings. The van der Waals surface area contributed by atoms with E-state index in [0.717, 1.165) is 5.69 Å². The van der Waals surface area contributed by atoms with E-state index in [9.17, 15) is 14.4 Å². The number of imide groups is 1. The lowest BCUT2D eigenvalue weighted by atomic mass is 10.4. The number of amides is 2. The first-order chi connectivity index (χ1) is 9.36. The summed E-state index contributed by atoms with van der Waals surface area (Å²) in [5, 5.41) is 0.554. The summed E-state index contributed by atoms with van der Waals surface area (Å²) in [6, 6.07) is 1.56. The van der Waals surface area contributed by atoms with Gasteiger partial charge in [0, 0.05) is 30.3 Å². The first kappa shape index (κ1) is 16.5. The van der Waals surface area contributed by atoms with Crippen LogP contribution in [0.15, 0.2) is 6.07 Å². The van der Waals surface area contributed by atoms with Crippen molar-refractivity contribution in [3.05, 3.63) is 22.5 Å². The fraction of sp³-hybridized carbons (Fsp3) is 0.417. The number of halogens is 2. The van der Waals surface area contributed by atoms with E-state index >= 15 is 0 Å². The fourth-order valence-corrected chi connectivity index (χ4v) is 1.73. The predicted octanol–water partition coefficient (Wildman–Crippen LogP) is 2.44. The van der Waals surface area contributed by atoms with Gasteiger partial charge in [0.2, 0.25) is 11.8 Å². The van der Waals surface area contributed by atoms with Crippen molar-refractivity contribution in [1.82, 2.24) is 9.40 Å². The number of ether oxygens (including phenoxy) is 1. The molecule has 1 aliphatic heterocycles. The molecule has 2 heterocycles. The standard InChI is InChI=1S/C8H10ClNO2.C4H4ClNO2/c1-3-12-8(11)7-4-6(9)5(2)10-7;5-6-3(7)1-2-4(6)8/h4,10H,3H2,1-2H3;1-2H2. The summed E-state index contributed by atoms with van der Waals surface area (Å²) >= 11 is 10.9. The van der Waals surface area contributed by atoms with Gasteiger partial charge in [-0.3, -0.25) is 9.59 Å². The van der Waals surface area contributed by atoms with E-state index < -0.39 is 0 Å². The van der Waals surface area contributed by atoms with Crippen molar-refractivity contribution < 1.29 is 19.1 Å². The number of esters is 1. The molecule has 0 atom stereocenters. The lowest BCUT2D eigenvalue weighted by molar-refractivity contribution is -0.132. The topological polar surface area (TPSA) is 79.5 Å². The summed E-state index contributed by atoms with van der Waals surface area (Å²) in [6.45, 7) is 3.93. The van der Waals surface area contributed by atoms with Gasteiger partial charge in [0.25, 0.3) is 0 Å². The number of carbonyl (C=O) groups excluding carboxylic acids is 3.